The van der Waals surface area contributed by atoms with Crippen LogP contribution in [0.2, 0.25) is 0 Å². The summed E-state index contributed by atoms with van der Waals surface area (Å²) in [5.41, 5.74) is 1.81. The molecule has 0 saturated heterocycles. The molecule has 0 aliphatic carbocycles. The van der Waals surface area contributed by atoms with E-state index in [0.29, 0.717) is 31.0 Å². The highest BCUT2D eigenvalue weighted by atomic mass is 32.2. The van der Waals surface area contributed by atoms with Crippen LogP contribution in [-0.4, -0.2) is 43.3 Å². The summed E-state index contributed by atoms with van der Waals surface area (Å²) in [4.78, 5) is 0.279. The Bertz CT molecular complexity index is 1380. The number of benzene rings is 3. The SMILES string of the molecule is CCn1nccc1CN(CCc1ccc(OC)c(OC)c1)S(=O)(=O)c1ccc2ccccc2c1. The van der Waals surface area contributed by atoms with Crippen molar-refractivity contribution in [3.8, 4) is 11.5 Å². The highest BCUT2D eigenvalue weighted by molar-refractivity contribution is 7.89. The lowest BCUT2D eigenvalue weighted by Gasteiger charge is -2.23. The molecule has 3 aromatic carbocycles. The Hall–Kier alpha value is -3.36. The van der Waals surface area contributed by atoms with Gasteiger partial charge in [-0.05, 0) is 60.0 Å². The van der Waals surface area contributed by atoms with Gasteiger partial charge >= 0.3 is 0 Å². The number of ether oxygens (including phenoxy) is 2. The van der Waals surface area contributed by atoms with Crippen LogP contribution in [0.5, 0.6) is 11.5 Å². The summed E-state index contributed by atoms with van der Waals surface area (Å²) in [6.45, 7) is 3.19. The molecule has 0 amide bonds. The van der Waals surface area contributed by atoms with Crippen LogP contribution in [0.15, 0.2) is 77.8 Å². The van der Waals surface area contributed by atoms with Gasteiger partial charge in [0.05, 0.1) is 31.4 Å². The second-order valence-corrected chi connectivity index (χ2v) is 9.86. The maximum absolute atomic E-state index is 13.8. The summed E-state index contributed by atoms with van der Waals surface area (Å²) in [6, 6.07) is 20.5. The highest BCUT2D eigenvalue weighted by Gasteiger charge is 2.26. The minimum Gasteiger partial charge on any atom is -0.493 e. The van der Waals surface area contributed by atoms with Crippen molar-refractivity contribution >= 4 is 20.8 Å². The molecule has 4 aromatic rings. The van der Waals surface area contributed by atoms with Gasteiger partial charge in [-0.15, -0.1) is 0 Å². The van der Waals surface area contributed by atoms with Crippen LogP contribution in [-0.2, 0) is 29.5 Å². The van der Waals surface area contributed by atoms with Gasteiger partial charge in [-0.25, -0.2) is 8.42 Å². The number of methoxy groups -OCH3 is 2. The molecule has 0 aliphatic rings. The third-order valence-corrected chi connectivity index (χ3v) is 7.74. The Morgan fingerprint density at radius 3 is 2.41 bits per heavy atom. The van der Waals surface area contributed by atoms with E-state index in [0.717, 1.165) is 22.0 Å². The normalized spacial score (nSPS) is 11.8. The van der Waals surface area contributed by atoms with Gasteiger partial charge in [0.25, 0.3) is 0 Å². The lowest BCUT2D eigenvalue weighted by Crippen LogP contribution is -2.33. The van der Waals surface area contributed by atoms with Gasteiger partial charge in [0.2, 0.25) is 10.0 Å². The molecular weight excluding hydrogens is 450 g/mol. The minimum absolute atomic E-state index is 0.232. The molecule has 1 heterocycles. The predicted octanol–water partition coefficient (Wildman–Crippen LogP) is 4.51. The van der Waals surface area contributed by atoms with E-state index < -0.39 is 10.0 Å². The molecule has 1 aromatic heterocycles. The maximum atomic E-state index is 13.8. The van der Waals surface area contributed by atoms with Crippen LogP contribution in [0.25, 0.3) is 10.8 Å². The predicted molar refractivity (Wildman–Crippen MR) is 133 cm³/mol. The van der Waals surface area contributed by atoms with E-state index in [1.807, 2.05) is 66.2 Å². The number of aromatic nitrogens is 2. The molecule has 0 aliphatic heterocycles. The van der Waals surface area contributed by atoms with Crippen molar-refractivity contribution in [2.75, 3.05) is 20.8 Å². The Morgan fingerprint density at radius 2 is 1.68 bits per heavy atom. The molecule has 0 atom stereocenters. The van der Waals surface area contributed by atoms with Crippen molar-refractivity contribution in [3.05, 3.63) is 84.2 Å². The number of rotatable bonds is 10. The first-order valence-electron chi connectivity index (χ1n) is 11.2. The summed E-state index contributed by atoms with van der Waals surface area (Å²) in [5.74, 6) is 1.26. The number of hydrogen-bond acceptors (Lipinski definition) is 5. The molecule has 4 rings (SSSR count). The molecule has 34 heavy (non-hydrogen) atoms. The highest BCUT2D eigenvalue weighted by Crippen LogP contribution is 2.28. The quantitative estimate of drug-likeness (QED) is 0.335. The third-order valence-electron chi connectivity index (χ3n) is 5.90. The largest absolute Gasteiger partial charge is 0.493 e. The molecule has 178 valence electrons. The molecule has 7 nitrogen and oxygen atoms in total. The average molecular weight is 480 g/mol. The zero-order chi connectivity index (χ0) is 24.1. The van der Waals surface area contributed by atoms with E-state index in [-0.39, 0.29) is 11.4 Å². The number of aryl methyl sites for hydroxylation is 1. The van der Waals surface area contributed by atoms with Crippen molar-refractivity contribution < 1.29 is 17.9 Å². The van der Waals surface area contributed by atoms with Crippen molar-refractivity contribution in [3.63, 3.8) is 0 Å². The molecule has 8 heteroatoms. The molecular formula is C26H29N3O4S. The number of nitrogens with zero attached hydrogens (tertiary/aromatic N) is 3. The summed E-state index contributed by atoms with van der Waals surface area (Å²) < 4.78 is 41.7. The van der Waals surface area contributed by atoms with E-state index in [4.69, 9.17) is 9.47 Å². The zero-order valence-corrected chi connectivity index (χ0v) is 20.5. The molecule has 0 fully saturated rings. The molecule has 0 N–H and O–H groups in total. The van der Waals surface area contributed by atoms with Crippen LogP contribution in [0.4, 0.5) is 0 Å². The lowest BCUT2D eigenvalue weighted by molar-refractivity contribution is 0.354. The van der Waals surface area contributed by atoms with Crippen LogP contribution in [0.1, 0.15) is 18.2 Å². The van der Waals surface area contributed by atoms with Gasteiger partial charge in [0.1, 0.15) is 0 Å². The molecule has 0 bridgehead atoms. The van der Waals surface area contributed by atoms with Gasteiger partial charge in [-0.3, -0.25) is 4.68 Å². The molecule has 0 unspecified atom stereocenters. The van der Waals surface area contributed by atoms with Gasteiger partial charge in [-0.1, -0.05) is 36.4 Å². The van der Waals surface area contributed by atoms with Crippen molar-refractivity contribution in [1.82, 2.24) is 14.1 Å². The van der Waals surface area contributed by atoms with E-state index in [1.54, 1.807) is 32.5 Å². The fourth-order valence-electron chi connectivity index (χ4n) is 4.01. The molecule has 0 saturated carbocycles. The average Bonchev–Trinajstić information content (AvgIpc) is 3.33. The van der Waals surface area contributed by atoms with Crippen LogP contribution < -0.4 is 9.47 Å². The fraction of sp³-hybridized carbons (Fsp3) is 0.269. The second kappa shape index (κ2) is 10.3. The Labute approximate surface area is 200 Å². The van der Waals surface area contributed by atoms with Crippen LogP contribution in [0, 0.1) is 0 Å². The van der Waals surface area contributed by atoms with E-state index in [9.17, 15) is 8.42 Å². The minimum atomic E-state index is -3.76. The summed E-state index contributed by atoms with van der Waals surface area (Å²) in [5, 5.41) is 6.20. The first-order valence-corrected chi connectivity index (χ1v) is 12.6. The first-order chi connectivity index (χ1) is 16.5. The maximum Gasteiger partial charge on any atom is 0.243 e. The van der Waals surface area contributed by atoms with E-state index >= 15 is 0 Å². The van der Waals surface area contributed by atoms with Crippen molar-refractivity contribution in [1.29, 1.82) is 0 Å². The lowest BCUT2D eigenvalue weighted by atomic mass is 10.1. The number of fused-ring (bicyclic) bond motifs is 1. The van der Waals surface area contributed by atoms with Crippen molar-refractivity contribution in [2.45, 2.75) is 31.3 Å². The Morgan fingerprint density at radius 1 is 0.912 bits per heavy atom. The van der Waals surface area contributed by atoms with Crippen LogP contribution >= 0.6 is 0 Å². The monoisotopic (exact) mass is 479 g/mol. The van der Waals surface area contributed by atoms with Gasteiger partial charge in [0.15, 0.2) is 11.5 Å². The summed E-state index contributed by atoms with van der Waals surface area (Å²) >= 11 is 0. The zero-order valence-electron chi connectivity index (χ0n) is 19.6. The Kier molecular flexibility index (Phi) is 7.19. The standard InChI is InChI=1S/C26H29N3O4S/c1-4-29-23(13-15-27-29)19-28(16-14-20-9-12-25(32-2)26(17-20)33-3)34(30,31)24-11-10-21-7-5-6-8-22(21)18-24/h5-13,15,17-18H,4,14,16,19H2,1-3H3. The first kappa shape index (κ1) is 23.8. The van der Waals surface area contributed by atoms with E-state index in [2.05, 4.69) is 5.10 Å². The topological polar surface area (TPSA) is 73.7 Å². The van der Waals surface area contributed by atoms with Gasteiger partial charge in [0, 0.05) is 19.3 Å². The third kappa shape index (κ3) is 4.93. The van der Waals surface area contributed by atoms with Gasteiger partial charge < -0.3 is 9.47 Å². The summed E-state index contributed by atoms with van der Waals surface area (Å²) in [6.07, 6.45) is 2.22. The number of hydrogen-bond donors (Lipinski definition) is 0. The number of sulfonamides is 1. The molecule has 0 radical (unpaired) electrons. The smallest absolute Gasteiger partial charge is 0.243 e. The molecule has 0 spiro atoms. The second-order valence-electron chi connectivity index (χ2n) is 7.93. The van der Waals surface area contributed by atoms with Crippen LogP contribution in [0.3, 0.4) is 0 Å². The fourth-order valence-corrected chi connectivity index (χ4v) is 5.46. The van der Waals surface area contributed by atoms with Gasteiger partial charge in [-0.2, -0.15) is 9.40 Å². The summed E-state index contributed by atoms with van der Waals surface area (Å²) in [7, 11) is -0.579. The van der Waals surface area contributed by atoms with E-state index in [1.165, 1.54) is 4.31 Å². The Balaban J connectivity index is 1.67. The van der Waals surface area contributed by atoms with Crippen molar-refractivity contribution in [2.24, 2.45) is 0 Å².